The molecule has 1 unspecified atom stereocenters. The minimum Gasteiger partial charge on any atom is -0.383 e. The first kappa shape index (κ1) is 13.9. The van der Waals surface area contributed by atoms with Gasteiger partial charge in [-0.25, -0.2) is 0 Å². The molecule has 1 N–H and O–H groups in total. The van der Waals surface area contributed by atoms with E-state index in [4.69, 9.17) is 9.47 Å². The van der Waals surface area contributed by atoms with E-state index in [1.807, 2.05) is 0 Å². The summed E-state index contributed by atoms with van der Waals surface area (Å²) in [6.07, 6.45) is 2.31. The molecule has 16 heavy (non-hydrogen) atoms. The Balaban J connectivity index is 2.30. The Labute approximate surface area is 99.3 Å². The Bertz CT molecular complexity index is 166. The molecule has 1 heterocycles. The van der Waals surface area contributed by atoms with Gasteiger partial charge in [0.05, 0.1) is 6.61 Å². The van der Waals surface area contributed by atoms with Gasteiger partial charge in [-0.2, -0.15) is 0 Å². The number of hydrogen-bond acceptors (Lipinski definition) is 4. The third-order valence-corrected chi connectivity index (χ3v) is 3.18. The maximum atomic E-state index is 5.38. The van der Waals surface area contributed by atoms with Crippen LogP contribution in [0, 0.1) is 0 Å². The summed E-state index contributed by atoms with van der Waals surface area (Å²) in [6.45, 7) is 6.77. The third kappa shape index (κ3) is 4.78. The summed E-state index contributed by atoms with van der Waals surface area (Å²) in [6, 6.07) is 1.11. The fourth-order valence-corrected chi connectivity index (χ4v) is 2.29. The molecule has 1 aliphatic heterocycles. The minimum atomic E-state index is 0.433. The van der Waals surface area contributed by atoms with Crippen LogP contribution < -0.4 is 5.32 Å². The lowest BCUT2D eigenvalue weighted by Crippen LogP contribution is -2.47. The van der Waals surface area contributed by atoms with Gasteiger partial charge in [0.15, 0.2) is 0 Å². The number of nitrogens with one attached hydrogen (secondary N) is 1. The molecular formula is C12H26N2O2. The number of methoxy groups -OCH3 is 1. The summed E-state index contributed by atoms with van der Waals surface area (Å²) >= 11 is 0. The van der Waals surface area contributed by atoms with Crippen molar-refractivity contribution in [3.05, 3.63) is 0 Å². The van der Waals surface area contributed by atoms with Crippen molar-refractivity contribution >= 4 is 0 Å². The van der Waals surface area contributed by atoms with Gasteiger partial charge in [-0.1, -0.05) is 6.92 Å². The molecule has 0 amide bonds. The van der Waals surface area contributed by atoms with Crippen LogP contribution in [0.25, 0.3) is 0 Å². The lowest BCUT2D eigenvalue weighted by atomic mass is 10.1. The van der Waals surface area contributed by atoms with Crippen LogP contribution in [-0.4, -0.2) is 64.1 Å². The zero-order valence-corrected chi connectivity index (χ0v) is 10.9. The van der Waals surface area contributed by atoms with Crippen molar-refractivity contribution in [2.24, 2.45) is 0 Å². The topological polar surface area (TPSA) is 33.7 Å². The van der Waals surface area contributed by atoms with E-state index in [-0.39, 0.29) is 0 Å². The minimum absolute atomic E-state index is 0.433. The van der Waals surface area contributed by atoms with Crippen molar-refractivity contribution in [2.75, 3.05) is 47.1 Å². The van der Waals surface area contributed by atoms with Crippen LogP contribution in [0.15, 0.2) is 0 Å². The zero-order valence-electron chi connectivity index (χ0n) is 10.9. The molecule has 4 nitrogen and oxygen atoms in total. The van der Waals surface area contributed by atoms with Crippen molar-refractivity contribution in [1.29, 1.82) is 0 Å². The van der Waals surface area contributed by atoms with Crippen LogP contribution in [0.1, 0.15) is 19.8 Å². The van der Waals surface area contributed by atoms with Gasteiger partial charge in [0.25, 0.3) is 0 Å². The van der Waals surface area contributed by atoms with Crippen molar-refractivity contribution in [1.82, 2.24) is 10.2 Å². The molecule has 0 spiro atoms. The Morgan fingerprint density at radius 2 is 2.12 bits per heavy atom. The van der Waals surface area contributed by atoms with Crippen LogP contribution in [0.2, 0.25) is 0 Å². The highest BCUT2D eigenvalue weighted by Gasteiger charge is 2.20. The van der Waals surface area contributed by atoms with Crippen LogP contribution in [0.5, 0.6) is 0 Å². The standard InChI is InChI=1S/C12H26N2O2/c1-4-13-11(10-15-3)9-14(2)12-5-7-16-8-6-12/h11-13H,4-10H2,1-3H3. The number of ether oxygens (including phenoxy) is 2. The Kier molecular flexibility index (Phi) is 6.96. The third-order valence-electron chi connectivity index (χ3n) is 3.18. The first-order valence-corrected chi connectivity index (χ1v) is 6.28. The predicted octanol–water partition coefficient (Wildman–Crippen LogP) is 0.722. The van der Waals surface area contributed by atoms with E-state index in [9.17, 15) is 0 Å². The Morgan fingerprint density at radius 3 is 2.69 bits per heavy atom. The van der Waals surface area contributed by atoms with Crippen molar-refractivity contribution in [3.8, 4) is 0 Å². The van der Waals surface area contributed by atoms with Crippen molar-refractivity contribution in [3.63, 3.8) is 0 Å². The maximum Gasteiger partial charge on any atom is 0.0628 e. The molecule has 0 saturated carbocycles. The lowest BCUT2D eigenvalue weighted by molar-refractivity contribution is 0.0360. The monoisotopic (exact) mass is 230 g/mol. The van der Waals surface area contributed by atoms with Gasteiger partial charge in [0.1, 0.15) is 0 Å². The van der Waals surface area contributed by atoms with Gasteiger partial charge >= 0.3 is 0 Å². The van der Waals surface area contributed by atoms with Gasteiger partial charge in [-0.05, 0) is 26.4 Å². The smallest absolute Gasteiger partial charge is 0.0628 e. The zero-order chi connectivity index (χ0) is 11.8. The summed E-state index contributed by atoms with van der Waals surface area (Å²) < 4.78 is 10.6. The van der Waals surface area contributed by atoms with Crippen LogP contribution in [-0.2, 0) is 9.47 Å². The molecule has 0 aromatic carbocycles. The summed E-state index contributed by atoms with van der Waals surface area (Å²) in [7, 11) is 3.97. The first-order chi connectivity index (χ1) is 7.77. The summed E-state index contributed by atoms with van der Waals surface area (Å²) in [5, 5.41) is 3.46. The molecule has 1 saturated heterocycles. The second-order valence-electron chi connectivity index (χ2n) is 4.49. The van der Waals surface area contributed by atoms with E-state index in [2.05, 4.69) is 24.2 Å². The molecule has 1 aliphatic rings. The maximum absolute atomic E-state index is 5.38. The highest BCUT2D eigenvalue weighted by molar-refractivity contribution is 4.77. The molecule has 0 bridgehead atoms. The normalized spacial score (nSPS) is 20.2. The first-order valence-electron chi connectivity index (χ1n) is 6.28. The quantitative estimate of drug-likeness (QED) is 0.699. The molecule has 0 aromatic rings. The number of hydrogen-bond donors (Lipinski definition) is 1. The SMILES string of the molecule is CCNC(COC)CN(C)C1CCOCC1. The largest absolute Gasteiger partial charge is 0.383 e. The van der Waals surface area contributed by atoms with E-state index in [1.54, 1.807) is 7.11 Å². The molecule has 1 atom stereocenters. The second kappa shape index (κ2) is 8.01. The van der Waals surface area contributed by atoms with Crippen LogP contribution in [0.3, 0.4) is 0 Å². The molecule has 4 heteroatoms. The average Bonchev–Trinajstić information content (AvgIpc) is 2.31. The molecule has 1 fully saturated rings. The predicted molar refractivity (Wildman–Crippen MR) is 65.8 cm³/mol. The van der Waals surface area contributed by atoms with E-state index in [0.29, 0.717) is 12.1 Å². The van der Waals surface area contributed by atoms with E-state index in [0.717, 1.165) is 45.8 Å². The fourth-order valence-electron chi connectivity index (χ4n) is 2.29. The van der Waals surface area contributed by atoms with Crippen molar-refractivity contribution in [2.45, 2.75) is 31.8 Å². The lowest BCUT2D eigenvalue weighted by Gasteiger charge is -2.33. The van der Waals surface area contributed by atoms with E-state index in [1.165, 1.54) is 0 Å². The molecule has 96 valence electrons. The van der Waals surface area contributed by atoms with E-state index < -0.39 is 0 Å². The highest BCUT2D eigenvalue weighted by Crippen LogP contribution is 2.12. The van der Waals surface area contributed by atoms with Gasteiger partial charge in [0, 0.05) is 39.0 Å². The number of likely N-dealkylation sites (N-methyl/N-ethyl adjacent to an activating group) is 2. The van der Waals surface area contributed by atoms with Gasteiger partial charge < -0.3 is 19.7 Å². The summed E-state index contributed by atoms with van der Waals surface area (Å²) in [5.41, 5.74) is 0. The Morgan fingerprint density at radius 1 is 1.44 bits per heavy atom. The number of nitrogens with zero attached hydrogens (tertiary/aromatic N) is 1. The highest BCUT2D eigenvalue weighted by atomic mass is 16.5. The average molecular weight is 230 g/mol. The summed E-state index contributed by atoms with van der Waals surface area (Å²) in [4.78, 5) is 2.44. The van der Waals surface area contributed by atoms with Gasteiger partial charge in [0.2, 0.25) is 0 Å². The molecule has 0 aliphatic carbocycles. The molecule has 1 rings (SSSR count). The van der Waals surface area contributed by atoms with Crippen molar-refractivity contribution < 1.29 is 9.47 Å². The second-order valence-corrected chi connectivity index (χ2v) is 4.49. The molecule has 0 aromatic heterocycles. The fraction of sp³-hybridized carbons (Fsp3) is 1.00. The van der Waals surface area contributed by atoms with Crippen LogP contribution >= 0.6 is 0 Å². The molecular weight excluding hydrogens is 204 g/mol. The Hall–Kier alpha value is -0.160. The summed E-state index contributed by atoms with van der Waals surface area (Å²) in [5.74, 6) is 0. The van der Waals surface area contributed by atoms with Gasteiger partial charge in [-0.15, -0.1) is 0 Å². The van der Waals surface area contributed by atoms with E-state index >= 15 is 0 Å². The van der Waals surface area contributed by atoms with Crippen LogP contribution in [0.4, 0.5) is 0 Å². The van der Waals surface area contributed by atoms with Gasteiger partial charge in [-0.3, -0.25) is 0 Å². The molecule has 0 radical (unpaired) electrons. The number of rotatable bonds is 7.